The summed E-state index contributed by atoms with van der Waals surface area (Å²) in [6.45, 7) is 5.24. The van der Waals surface area contributed by atoms with Gasteiger partial charge in [0.2, 0.25) is 17.7 Å². The number of H-pyrrole nitrogens is 1. The minimum Gasteiger partial charge on any atom is -0.480 e. The molecule has 3 aromatic rings. The Morgan fingerprint density at radius 2 is 1.36 bits per heavy atom. The number of carboxylic acid groups (broad SMARTS) is 1. The van der Waals surface area contributed by atoms with Gasteiger partial charge in [0, 0.05) is 29.9 Å². The molecule has 4 atom stereocenters. The summed E-state index contributed by atoms with van der Waals surface area (Å²) in [5, 5.41) is 18.6. The Morgan fingerprint density at radius 3 is 1.97 bits per heavy atom. The van der Waals surface area contributed by atoms with Gasteiger partial charge >= 0.3 is 5.97 Å². The molecule has 0 saturated carbocycles. The molecule has 10 heteroatoms. The number of carbonyl (C=O) groups excluding carboxylic acids is 3. The van der Waals surface area contributed by atoms with Gasteiger partial charge in [0.25, 0.3) is 0 Å². The predicted octanol–water partition coefficient (Wildman–Crippen LogP) is 1.89. The maximum absolute atomic E-state index is 13.6. The fourth-order valence-electron chi connectivity index (χ4n) is 4.33. The summed E-state index contributed by atoms with van der Waals surface area (Å²) in [6.07, 6.45) is 2.30. The summed E-state index contributed by atoms with van der Waals surface area (Å²) in [7, 11) is 0. The largest absolute Gasteiger partial charge is 0.480 e. The van der Waals surface area contributed by atoms with Gasteiger partial charge < -0.3 is 31.8 Å². The van der Waals surface area contributed by atoms with Crippen LogP contribution in [0.25, 0.3) is 10.9 Å². The molecule has 7 N–H and O–H groups in total. The quantitative estimate of drug-likeness (QED) is 0.195. The molecular formula is C29H37N5O5. The molecule has 1 aromatic heterocycles. The topological polar surface area (TPSA) is 166 Å². The molecule has 39 heavy (non-hydrogen) atoms. The van der Waals surface area contributed by atoms with E-state index in [1.807, 2.05) is 68.4 Å². The van der Waals surface area contributed by atoms with E-state index in [0.717, 1.165) is 22.0 Å². The van der Waals surface area contributed by atoms with Gasteiger partial charge in [-0.2, -0.15) is 0 Å². The Labute approximate surface area is 227 Å². The zero-order valence-electron chi connectivity index (χ0n) is 22.4. The van der Waals surface area contributed by atoms with Gasteiger partial charge in [0.15, 0.2) is 0 Å². The van der Waals surface area contributed by atoms with Gasteiger partial charge in [0.1, 0.15) is 18.1 Å². The van der Waals surface area contributed by atoms with Crippen molar-refractivity contribution in [2.45, 2.75) is 64.2 Å². The van der Waals surface area contributed by atoms with E-state index in [1.54, 1.807) is 6.20 Å². The van der Waals surface area contributed by atoms with E-state index in [4.69, 9.17) is 5.73 Å². The number of carboxylic acids is 1. The van der Waals surface area contributed by atoms with Crippen molar-refractivity contribution in [2.24, 2.45) is 11.7 Å². The lowest BCUT2D eigenvalue weighted by atomic mass is 10.0. The average Bonchev–Trinajstić information content (AvgIpc) is 3.30. The molecule has 4 unspecified atom stereocenters. The number of amides is 3. The Bertz CT molecular complexity index is 1290. The van der Waals surface area contributed by atoms with Crippen LogP contribution in [0.2, 0.25) is 0 Å². The fourth-order valence-corrected chi connectivity index (χ4v) is 4.33. The van der Waals surface area contributed by atoms with Crippen molar-refractivity contribution in [1.29, 1.82) is 0 Å². The summed E-state index contributed by atoms with van der Waals surface area (Å²) in [5.41, 5.74) is 8.23. The molecule has 1 heterocycles. The van der Waals surface area contributed by atoms with E-state index in [1.165, 1.54) is 6.92 Å². The monoisotopic (exact) mass is 535 g/mol. The number of nitrogens with one attached hydrogen (secondary N) is 4. The van der Waals surface area contributed by atoms with Gasteiger partial charge in [-0.05, 0) is 36.5 Å². The van der Waals surface area contributed by atoms with Crippen LogP contribution >= 0.6 is 0 Å². The van der Waals surface area contributed by atoms with Crippen LogP contribution in [0.15, 0.2) is 60.8 Å². The molecule has 0 bridgehead atoms. The predicted molar refractivity (Wildman–Crippen MR) is 149 cm³/mol. The summed E-state index contributed by atoms with van der Waals surface area (Å²) < 4.78 is 0. The Morgan fingerprint density at radius 1 is 0.795 bits per heavy atom. The molecule has 0 aliphatic rings. The third-order valence-corrected chi connectivity index (χ3v) is 6.38. The maximum atomic E-state index is 13.6. The maximum Gasteiger partial charge on any atom is 0.326 e. The van der Waals surface area contributed by atoms with Crippen LogP contribution in [0.4, 0.5) is 0 Å². The van der Waals surface area contributed by atoms with Crippen LogP contribution in [-0.4, -0.2) is 57.9 Å². The standard InChI is InChI=1S/C29H37N5O5/c1-17(2)13-25(29(38)39)34-27(36)23(14-19-9-5-4-6-10-19)33-28(37)24(32-26(35)18(3)30)15-20-16-31-22-12-8-7-11-21(20)22/h4-12,16-18,23-25,31H,13-15,30H2,1-3H3,(H,32,35)(H,33,37)(H,34,36)(H,38,39). The first-order valence-electron chi connectivity index (χ1n) is 13.0. The van der Waals surface area contributed by atoms with Crippen molar-refractivity contribution in [3.8, 4) is 0 Å². The van der Waals surface area contributed by atoms with E-state index in [9.17, 15) is 24.3 Å². The zero-order valence-corrected chi connectivity index (χ0v) is 22.4. The van der Waals surface area contributed by atoms with Crippen LogP contribution in [-0.2, 0) is 32.0 Å². The van der Waals surface area contributed by atoms with Gasteiger partial charge in [-0.15, -0.1) is 0 Å². The van der Waals surface area contributed by atoms with E-state index in [-0.39, 0.29) is 25.2 Å². The number of hydrogen-bond donors (Lipinski definition) is 6. The van der Waals surface area contributed by atoms with Gasteiger partial charge in [0.05, 0.1) is 6.04 Å². The van der Waals surface area contributed by atoms with Gasteiger partial charge in [-0.25, -0.2) is 4.79 Å². The lowest BCUT2D eigenvalue weighted by molar-refractivity contribution is -0.142. The van der Waals surface area contributed by atoms with Crippen molar-refractivity contribution in [3.05, 3.63) is 71.9 Å². The normalized spacial score (nSPS) is 14.3. The van der Waals surface area contributed by atoms with E-state index < -0.39 is 47.9 Å². The first-order valence-corrected chi connectivity index (χ1v) is 13.0. The van der Waals surface area contributed by atoms with E-state index in [2.05, 4.69) is 20.9 Å². The lowest BCUT2D eigenvalue weighted by Gasteiger charge is -2.25. The Hall–Kier alpha value is -4.18. The molecule has 3 amide bonds. The molecule has 0 radical (unpaired) electrons. The highest BCUT2D eigenvalue weighted by atomic mass is 16.4. The molecule has 0 spiro atoms. The second-order valence-electron chi connectivity index (χ2n) is 10.2. The molecule has 10 nitrogen and oxygen atoms in total. The van der Waals surface area contributed by atoms with Crippen LogP contribution in [0.5, 0.6) is 0 Å². The van der Waals surface area contributed by atoms with Crippen molar-refractivity contribution in [1.82, 2.24) is 20.9 Å². The number of aliphatic carboxylic acids is 1. The second-order valence-corrected chi connectivity index (χ2v) is 10.2. The third kappa shape index (κ3) is 8.41. The first-order chi connectivity index (χ1) is 18.5. The number of rotatable bonds is 13. The summed E-state index contributed by atoms with van der Waals surface area (Å²) in [4.78, 5) is 54.4. The van der Waals surface area contributed by atoms with E-state index >= 15 is 0 Å². The molecular weight excluding hydrogens is 498 g/mol. The number of carbonyl (C=O) groups is 4. The molecule has 3 rings (SSSR count). The SMILES string of the molecule is CC(C)CC(NC(=O)C(Cc1ccccc1)NC(=O)C(Cc1c[nH]c2ccccc12)NC(=O)C(C)N)C(=O)O. The molecule has 0 aliphatic carbocycles. The second kappa shape index (κ2) is 13.6. The van der Waals surface area contributed by atoms with Crippen LogP contribution in [0.1, 0.15) is 38.3 Å². The van der Waals surface area contributed by atoms with Crippen molar-refractivity contribution in [3.63, 3.8) is 0 Å². The Kier molecular flexibility index (Phi) is 10.2. The Balaban J connectivity index is 1.87. The number of fused-ring (bicyclic) bond motifs is 1. The van der Waals surface area contributed by atoms with Crippen molar-refractivity contribution < 1.29 is 24.3 Å². The molecule has 2 aromatic carbocycles. The highest BCUT2D eigenvalue weighted by molar-refractivity contribution is 5.95. The lowest BCUT2D eigenvalue weighted by Crippen LogP contribution is -2.58. The minimum absolute atomic E-state index is 0.0302. The number of hydrogen-bond acceptors (Lipinski definition) is 5. The van der Waals surface area contributed by atoms with Crippen LogP contribution in [0.3, 0.4) is 0 Å². The molecule has 0 fully saturated rings. The summed E-state index contributed by atoms with van der Waals surface area (Å²) in [5.74, 6) is -2.83. The highest BCUT2D eigenvalue weighted by Gasteiger charge is 2.31. The number of benzene rings is 2. The first kappa shape index (κ1) is 29.4. The van der Waals surface area contributed by atoms with Crippen LogP contribution in [0, 0.1) is 5.92 Å². The average molecular weight is 536 g/mol. The summed E-state index contributed by atoms with van der Waals surface area (Å²) in [6, 6.07) is 12.6. The number of aromatic amines is 1. The van der Waals surface area contributed by atoms with Crippen LogP contribution < -0.4 is 21.7 Å². The van der Waals surface area contributed by atoms with E-state index in [0.29, 0.717) is 0 Å². The van der Waals surface area contributed by atoms with Crippen molar-refractivity contribution >= 4 is 34.6 Å². The number of nitrogens with two attached hydrogens (primary N) is 1. The highest BCUT2D eigenvalue weighted by Crippen LogP contribution is 2.19. The van der Waals surface area contributed by atoms with Gasteiger partial charge in [-0.1, -0.05) is 62.4 Å². The smallest absolute Gasteiger partial charge is 0.326 e. The molecule has 208 valence electrons. The number of aromatic nitrogens is 1. The fraction of sp³-hybridized carbons (Fsp3) is 0.379. The van der Waals surface area contributed by atoms with Gasteiger partial charge in [-0.3, -0.25) is 14.4 Å². The molecule has 0 aliphatic heterocycles. The number of para-hydroxylation sites is 1. The minimum atomic E-state index is -1.15. The zero-order chi connectivity index (χ0) is 28.5. The van der Waals surface area contributed by atoms with Crippen molar-refractivity contribution in [2.75, 3.05) is 0 Å². The third-order valence-electron chi connectivity index (χ3n) is 6.38. The molecule has 0 saturated heterocycles. The summed E-state index contributed by atoms with van der Waals surface area (Å²) >= 11 is 0.